The molecule has 1 spiro atoms. The Morgan fingerprint density at radius 3 is 2.25 bits per heavy atom. The predicted molar refractivity (Wildman–Crippen MR) is 141 cm³/mol. The second-order valence-electron chi connectivity index (χ2n) is 14.7. The third kappa shape index (κ3) is 4.70. The zero-order valence-corrected chi connectivity index (χ0v) is 25.2. The smallest absolute Gasteiger partial charge is 0.201 e. The maximum Gasteiger partial charge on any atom is 0.201 e. The summed E-state index contributed by atoms with van der Waals surface area (Å²) in [6.07, 6.45) is 7.25. The molecule has 8 aliphatic rings. The van der Waals surface area contributed by atoms with E-state index in [0.717, 1.165) is 44.9 Å². The van der Waals surface area contributed by atoms with Gasteiger partial charge in [0.05, 0.1) is 0 Å². The number of hydrogen-bond donors (Lipinski definition) is 0. The van der Waals surface area contributed by atoms with Gasteiger partial charge in [0.1, 0.15) is 6.61 Å². The lowest BCUT2D eigenvalue weighted by Gasteiger charge is -2.60. The van der Waals surface area contributed by atoms with Gasteiger partial charge in [-0.05, 0) is 82.0 Å². The Hall–Kier alpha value is -0.360. The second kappa shape index (κ2) is 10.4. The fourth-order valence-electron chi connectivity index (χ4n) is 9.30. The molecule has 8 fully saturated rings. The van der Waals surface area contributed by atoms with Gasteiger partial charge in [-0.25, -0.2) is 19.6 Å². The van der Waals surface area contributed by atoms with Crippen molar-refractivity contribution in [1.29, 1.82) is 0 Å². The molecule has 0 unspecified atom stereocenters. The van der Waals surface area contributed by atoms with Crippen LogP contribution in [0.15, 0.2) is 0 Å². The minimum absolute atomic E-state index is 0.0751. The average molecular weight is 567 g/mol. The van der Waals surface area contributed by atoms with Crippen molar-refractivity contribution >= 4 is 0 Å². The van der Waals surface area contributed by atoms with Gasteiger partial charge in [0.25, 0.3) is 0 Å². The van der Waals surface area contributed by atoms with E-state index in [2.05, 4.69) is 27.7 Å². The predicted octanol–water partition coefficient (Wildman–Crippen LogP) is 6.06. The van der Waals surface area contributed by atoms with E-state index in [1.807, 2.05) is 13.8 Å². The Kier molecular flexibility index (Phi) is 7.37. The first kappa shape index (κ1) is 28.4. The summed E-state index contributed by atoms with van der Waals surface area (Å²) >= 11 is 0. The lowest BCUT2D eigenvalue weighted by Crippen LogP contribution is -2.70. The molecule has 6 aliphatic heterocycles. The van der Waals surface area contributed by atoms with Gasteiger partial charge in [-0.1, -0.05) is 34.1 Å². The quantitative estimate of drug-likeness (QED) is 0.371. The standard InChI is InChI=1S/C31H50O9/c1-17-7-9-22-15-21(17)11-13-29(5)36-25(16-32-38-29)33-26(19(22)3)34-27-20(4)24-10-8-18(2)23-12-14-30(6)37-28(35-27)31(23,24)40-39-30/h17-28H,7-16H2,1-6H3/t17-,18-,19-,20-,21-,22-,23+,24+,25-,26+,27+,28-,29+,30+,31-/m1/s1. The lowest BCUT2D eigenvalue weighted by molar-refractivity contribution is -0.580. The van der Waals surface area contributed by atoms with Crippen LogP contribution in [0.3, 0.4) is 0 Å². The second-order valence-corrected chi connectivity index (χ2v) is 14.7. The zero-order valence-electron chi connectivity index (χ0n) is 25.2. The van der Waals surface area contributed by atoms with Crippen LogP contribution in [0.4, 0.5) is 0 Å². The van der Waals surface area contributed by atoms with Gasteiger partial charge in [-0.2, -0.15) is 0 Å². The third-order valence-electron chi connectivity index (χ3n) is 12.0. The van der Waals surface area contributed by atoms with Gasteiger partial charge in [0.15, 0.2) is 30.8 Å². The molecule has 9 heteroatoms. The Bertz CT molecular complexity index is 934. The van der Waals surface area contributed by atoms with Crippen LogP contribution >= 0.6 is 0 Å². The Labute approximate surface area is 239 Å². The maximum absolute atomic E-state index is 6.92. The SMILES string of the molecule is C[C@@H]1[C@@H]2CC[C@@H](C)[C@H](CC[C@]3(C)OOC[C@H](O[C@H]1O[C@H]1O[C@@H]4O[C@]5(C)CC[C@H]6[C@H](C)CC[C@@H]([C@H]1C)[C@@]46OO5)O3)C2. The first-order valence-corrected chi connectivity index (χ1v) is 16.1. The van der Waals surface area contributed by atoms with Crippen LogP contribution in [0.25, 0.3) is 0 Å². The van der Waals surface area contributed by atoms with Gasteiger partial charge in [-0.15, -0.1) is 0 Å². The van der Waals surface area contributed by atoms with E-state index >= 15 is 0 Å². The monoisotopic (exact) mass is 566 g/mol. The highest BCUT2D eigenvalue weighted by Gasteiger charge is 2.69. The summed E-state index contributed by atoms with van der Waals surface area (Å²) in [7, 11) is 0. The topological polar surface area (TPSA) is 83.1 Å². The van der Waals surface area contributed by atoms with Crippen molar-refractivity contribution < 1.29 is 43.2 Å². The molecule has 0 radical (unpaired) electrons. The van der Waals surface area contributed by atoms with E-state index in [0.29, 0.717) is 29.6 Å². The molecule has 2 aliphatic carbocycles. The molecular weight excluding hydrogens is 516 g/mol. The molecule has 0 N–H and O–H groups in total. The molecule has 6 heterocycles. The minimum Gasteiger partial charge on any atom is -0.323 e. The van der Waals surface area contributed by atoms with Crippen molar-refractivity contribution in [2.75, 3.05) is 6.61 Å². The minimum atomic E-state index is -0.831. The molecule has 0 aromatic heterocycles. The van der Waals surface area contributed by atoms with Gasteiger partial charge < -0.3 is 23.7 Å². The lowest BCUT2D eigenvalue weighted by atomic mass is 9.58. The summed E-state index contributed by atoms with van der Waals surface area (Å²) in [4.78, 5) is 23.6. The van der Waals surface area contributed by atoms with Crippen LogP contribution in [0.5, 0.6) is 0 Å². The number of fused-ring (bicyclic) bond motifs is 6. The van der Waals surface area contributed by atoms with Crippen LogP contribution in [0, 0.1) is 47.3 Å². The summed E-state index contributed by atoms with van der Waals surface area (Å²) in [5, 5.41) is 0. The summed E-state index contributed by atoms with van der Waals surface area (Å²) < 4.78 is 33.3. The normalized spacial score (nSPS) is 58.4. The van der Waals surface area contributed by atoms with Crippen LogP contribution in [-0.2, 0) is 43.2 Å². The Morgan fingerprint density at radius 2 is 1.40 bits per heavy atom. The molecule has 0 amide bonds. The highest BCUT2D eigenvalue weighted by atomic mass is 17.3. The van der Waals surface area contributed by atoms with Crippen LogP contribution in [0.1, 0.15) is 99.3 Å². The van der Waals surface area contributed by atoms with Crippen molar-refractivity contribution in [3.8, 4) is 0 Å². The number of hydrogen-bond acceptors (Lipinski definition) is 9. The summed E-state index contributed by atoms with van der Waals surface area (Å²) in [6.45, 7) is 13.3. The summed E-state index contributed by atoms with van der Waals surface area (Å²) in [5.74, 6) is 1.44. The van der Waals surface area contributed by atoms with Crippen molar-refractivity contribution in [3.63, 3.8) is 0 Å². The fraction of sp³-hybridized carbons (Fsp3) is 1.00. The molecule has 2 saturated carbocycles. The molecule has 15 atom stereocenters. The molecular formula is C31H50O9. The summed E-state index contributed by atoms with van der Waals surface area (Å²) in [5.41, 5.74) is -0.611. The zero-order chi connectivity index (χ0) is 27.9. The van der Waals surface area contributed by atoms with Gasteiger partial charge in [0, 0.05) is 30.6 Å². The van der Waals surface area contributed by atoms with Gasteiger partial charge >= 0.3 is 0 Å². The molecule has 9 nitrogen and oxygen atoms in total. The maximum atomic E-state index is 6.92. The van der Waals surface area contributed by atoms with Crippen molar-refractivity contribution in [2.24, 2.45) is 47.3 Å². The Morgan fingerprint density at radius 1 is 0.650 bits per heavy atom. The first-order chi connectivity index (χ1) is 19.1. The van der Waals surface area contributed by atoms with E-state index in [9.17, 15) is 0 Å². The fourth-order valence-corrected chi connectivity index (χ4v) is 9.30. The largest absolute Gasteiger partial charge is 0.323 e. The van der Waals surface area contributed by atoms with E-state index in [4.69, 9.17) is 43.2 Å². The van der Waals surface area contributed by atoms with Crippen LogP contribution in [-0.4, -0.2) is 48.9 Å². The molecule has 228 valence electrons. The molecule has 6 bridgehead atoms. The summed E-state index contributed by atoms with van der Waals surface area (Å²) in [6, 6.07) is 0. The number of rotatable bonds is 2. The molecule has 8 rings (SSSR count). The molecule has 40 heavy (non-hydrogen) atoms. The van der Waals surface area contributed by atoms with E-state index in [1.165, 1.54) is 12.8 Å². The average Bonchev–Trinajstić information content (AvgIpc) is 3.16. The van der Waals surface area contributed by atoms with Crippen molar-refractivity contribution in [1.82, 2.24) is 0 Å². The molecule has 0 aromatic rings. The van der Waals surface area contributed by atoms with E-state index < -0.39 is 42.3 Å². The highest BCUT2D eigenvalue weighted by molar-refractivity contribution is 5.09. The Balaban J connectivity index is 1.17. The van der Waals surface area contributed by atoms with Crippen molar-refractivity contribution in [3.05, 3.63) is 0 Å². The van der Waals surface area contributed by atoms with E-state index in [-0.39, 0.29) is 24.4 Å². The highest BCUT2D eigenvalue weighted by Crippen LogP contribution is 2.61. The number of ether oxygens (including phenoxy) is 5. The van der Waals surface area contributed by atoms with E-state index in [1.54, 1.807) is 0 Å². The first-order valence-electron chi connectivity index (χ1n) is 16.1. The van der Waals surface area contributed by atoms with Gasteiger partial charge in [0.2, 0.25) is 11.6 Å². The van der Waals surface area contributed by atoms with Gasteiger partial charge in [-0.3, -0.25) is 0 Å². The van der Waals surface area contributed by atoms with Crippen molar-refractivity contribution in [2.45, 2.75) is 142 Å². The third-order valence-corrected chi connectivity index (χ3v) is 12.0. The van der Waals surface area contributed by atoms with Crippen LogP contribution in [0.2, 0.25) is 0 Å². The molecule has 0 aromatic carbocycles. The van der Waals surface area contributed by atoms with Crippen LogP contribution < -0.4 is 0 Å². The molecule has 6 saturated heterocycles.